The maximum atomic E-state index is 12.4. The maximum absolute atomic E-state index is 12.4. The number of nitrogens with one attached hydrogen (secondary N) is 1. The maximum Gasteiger partial charge on any atom is 0.220 e. The molecule has 0 spiro atoms. The highest BCUT2D eigenvalue weighted by molar-refractivity contribution is 5.97. The third-order valence-electron chi connectivity index (χ3n) is 4.02. The molecule has 0 fully saturated rings. The molecule has 0 saturated heterocycles. The van der Waals surface area contributed by atoms with Gasteiger partial charge in [0.25, 0.3) is 0 Å². The zero-order chi connectivity index (χ0) is 18.2. The Labute approximate surface area is 151 Å². The molecular formula is C20H20N4O2. The highest BCUT2D eigenvalue weighted by Crippen LogP contribution is 2.15. The van der Waals surface area contributed by atoms with Crippen molar-refractivity contribution in [2.24, 2.45) is 0 Å². The van der Waals surface area contributed by atoms with E-state index >= 15 is 0 Å². The number of nitrogens with zero attached hydrogens (tertiary/aromatic N) is 3. The van der Waals surface area contributed by atoms with Gasteiger partial charge in [0, 0.05) is 18.4 Å². The van der Waals surface area contributed by atoms with E-state index in [1.807, 2.05) is 48.5 Å². The highest BCUT2D eigenvalue weighted by Gasteiger charge is 2.17. The largest absolute Gasteiger partial charge is 0.347 e. The predicted molar refractivity (Wildman–Crippen MR) is 97.4 cm³/mol. The van der Waals surface area contributed by atoms with Gasteiger partial charge in [-0.05, 0) is 5.56 Å². The van der Waals surface area contributed by atoms with E-state index in [-0.39, 0.29) is 30.6 Å². The number of ketones is 1. The Morgan fingerprint density at radius 1 is 0.885 bits per heavy atom. The number of amides is 1. The van der Waals surface area contributed by atoms with Crippen LogP contribution in [0.25, 0.3) is 0 Å². The van der Waals surface area contributed by atoms with Gasteiger partial charge in [-0.2, -0.15) is 15.0 Å². The van der Waals surface area contributed by atoms with Crippen LogP contribution in [0, 0.1) is 0 Å². The zero-order valence-corrected chi connectivity index (χ0v) is 14.3. The van der Waals surface area contributed by atoms with Crippen LogP contribution < -0.4 is 5.32 Å². The summed E-state index contributed by atoms with van der Waals surface area (Å²) in [5.41, 5.74) is 1.59. The molecule has 1 aromatic heterocycles. The zero-order valence-electron chi connectivity index (χ0n) is 14.3. The molecule has 0 radical (unpaired) electrons. The van der Waals surface area contributed by atoms with Gasteiger partial charge in [0.1, 0.15) is 0 Å². The first kappa shape index (κ1) is 17.5. The first-order valence-electron chi connectivity index (χ1n) is 8.49. The number of hydrogen-bond donors (Lipinski definition) is 1. The lowest BCUT2D eigenvalue weighted by atomic mass is 10.0. The molecule has 132 valence electrons. The third kappa shape index (κ3) is 4.86. The predicted octanol–water partition coefficient (Wildman–Crippen LogP) is 2.80. The van der Waals surface area contributed by atoms with Gasteiger partial charge in [-0.1, -0.05) is 60.7 Å². The number of rotatable bonds is 8. The molecule has 1 unspecified atom stereocenters. The van der Waals surface area contributed by atoms with Crippen molar-refractivity contribution in [2.45, 2.75) is 25.4 Å². The van der Waals surface area contributed by atoms with Gasteiger partial charge in [-0.25, -0.2) is 0 Å². The Balaban J connectivity index is 1.61. The Kier molecular flexibility index (Phi) is 5.88. The van der Waals surface area contributed by atoms with Crippen LogP contribution in [0.5, 0.6) is 0 Å². The quantitative estimate of drug-likeness (QED) is 0.635. The Bertz CT molecular complexity index is 833. The minimum atomic E-state index is -0.261. The second-order valence-corrected chi connectivity index (χ2v) is 5.90. The molecule has 0 bridgehead atoms. The van der Waals surface area contributed by atoms with Gasteiger partial charge >= 0.3 is 0 Å². The van der Waals surface area contributed by atoms with Crippen LogP contribution in [0.2, 0.25) is 0 Å². The molecule has 1 N–H and O–H groups in total. The SMILES string of the molecule is O=C(CCC(=O)c1ccccc1)NC(Cn1nccn1)c1ccccc1. The molecule has 1 amide bonds. The first-order valence-corrected chi connectivity index (χ1v) is 8.49. The molecule has 0 aliphatic heterocycles. The molecule has 0 saturated carbocycles. The number of carbonyl (C=O) groups is 2. The van der Waals surface area contributed by atoms with E-state index in [4.69, 9.17) is 0 Å². The summed E-state index contributed by atoms with van der Waals surface area (Å²) < 4.78 is 0. The summed E-state index contributed by atoms with van der Waals surface area (Å²) in [6.45, 7) is 0.426. The molecule has 1 atom stereocenters. The molecule has 26 heavy (non-hydrogen) atoms. The first-order chi connectivity index (χ1) is 12.7. The standard InChI is InChI=1S/C20H20N4O2/c25-19(17-9-5-2-6-10-17)11-12-20(26)23-18(15-24-21-13-14-22-24)16-7-3-1-4-8-16/h1-10,13-14,18H,11-12,15H2,(H,23,26). The van der Waals surface area contributed by atoms with Gasteiger partial charge in [-0.15, -0.1) is 0 Å². The number of Topliss-reactive ketones (excluding diaryl/α,β-unsaturated/α-hetero) is 1. The van der Waals surface area contributed by atoms with Crippen molar-refractivity contribution in [3.05, 3.63) is 84.2 Å². The lowest BCUT2D eigenvalue weighted by Crippen LogP contribution is -2.32. The van der Waals surface area contributed by atoms with Crippen LogP contribution in [0.1, 0.15) is 34.8 Å². The molecule has 0 aliphatic rings. The fourth-order valence-corrected chi connectivity index (χ4v) is 2.68. The fraction of sp³-hybridized carbons (Fsp3) is 0.200. The van der Waals surface area contributed by atoms with E-state index in [0.29, 0.717) is 12.1 Å². The van der Waals surface area contributed by atoms with Crippen LogP contribution in [-0.4, -0.2) is 26.7 Å². The Hall–Kier alpha value is -3.28. The van der Waals surface area contributed by atoms with Crippen molar-refractivity contribution < 1.29 is 9.59 Å². The van der Waals surface area contributed by atoms with Crippen molar-refractivity contribution in [2.75, 3.05) is 0 Å². The minimum Gasteiger partial charge on any atom is -0.347 e. The van der Waals surface area contributed by atoms with Crippen LogP contribution in [-0.2, 0) is 11.3 Å². The number of carbonyl (C=O) groups excluding carboxylic acids is 2. The summed E-state index contributed by atoms with van der Waals surface area (Å²) in [6, 6.07) is 18.4. The minimum absolute atomic E-state index is 0.0363. The van der Waals surface area contributed by atoms with Gasteiger partial charge in [0.2, 0.25) is 5.91 Å². The average Bonchev–Trinajstić information content (AvgIpc) is 3.20. The Morgan fingerprint density at radius 2 is 1.50 bits per heavy atom. The summed E-state index contributed by atoms with van der Waals surface area (Å²) in [7, 11) is 0. The second-order valence-electron chi connectivity index (χ2n) is 5.90. The summed E-state index contributed by atoms with van der Waals surface area (Å²) in [5.74, 6) is -0.207. The van der Waals surface area contributed by atoms with Crippen LogP contribution in [0.3, 0.4) is 0 Å². The van der Waals surface area contributed by atoms with E-state index in [0.717, 1.165) is 5.56 Å². The van der Waals surface area contributed by atoms with Crippen molar-refractivity contribution in [1.29, 1.82) is 0 Å². The van der Waals surface area contributed by atoms with E-state index in [2.05, 4.69) is 15.5 Å². The molecule has 6 nitrogen and oxygen atoms in total. The third-order valence-corrected chi connectivity index (χ3v) is 4.02. The smallest absolute Gasteiger partial charge is 0.220 e. The van der Waals surface area contributed by atoms with Crippen molar-refractivity contribution in [3.63, 3.8) is 0 Å². The highest BCUT2D eigenvalue weighted by atomic mass is 16.2. The van der Waals surface area contributed by atoms with E-state index in [1.54, 1.807) is 24.5 Å². The van der Waals surface area contributed by atoms with E-state index < -0.39 is 0 Å². The molecule has 3 aromatic rings. The summed E-state index contributed by atoms with van der Waals surface area (Å²) in [5, 5.41) is 11.2. The topological polar surface area (TPSA) is 76.9 Å². The molecular weight excluding hydrogens is 328 g/mol. The molecule has 0 aliphatic carbocycles. The summed E-state index contributed by atoms with van der Waals surface area (Å²) in [6.07, 6.45) is 3.52. The molecule has 1 heterocycles. The van der Waals surface area contributed by atoms with Gasteiger partial charge in [0.15, 0.2) is 5.78 Å². The number of aromatic nitrogens is 3. The van der Waals surface area contributed by atoms with Crippen LogP contribution in [0.15, 0.2) is 73.1 Å². The van der Waals surface area contributed by atoms with Crippen molar-refractivity contribution in [1.82, 2.24) is 20.3 Å². The van der Waals surface area contributed by atoms with E-state index in [9.17, 15) is 9.59 Å². The number of benzene rings is 2. The monoisotopic (exact) mass is 348 g/mol. The van der Waals surface area contributed by atoms with E-state index in [1.165, 1.54) is 4.80 Å². The summed E-state index contributed by atoms with van der Waals surface area (Å²) in [4.78, 5) is 26.1. The van der Waals surface area contributed by atoms with Crippen molar-refractivity contribution in [3.8, 4) is 0 Å². The second kappa shape index (κ2) is 8.71. The fourth-order valence-electron chi connectivity index (χ4n) is 2.68. The van der Waals surface area contributed by atoms with Crippen LogP contribution >= 0.6 is 0 Å². The normalized spacial score (nSPS) is 11.7. The summed E-state index contributed by atoms with van der Waals surface area (Å²) >= 11 is 0. The Morgan fingerprint density at radius 3 is 2.15 bits per heavy atom. The molecule has 3 rings (SSSR count). The lowest BCUT2D eigenvalue weighted by molar-refractivity contribution is -0.121. The average molecular weight is 348 g/mol. The molecule has 2 aromatic carbocycles. The number of hydrogen-bond acceptors (Lipinski definition) is 4. The van der Waals surface area contributed by atoms with Gasteiger partial charge < -0.3 is 5.32 Å². The van der Waals surface area contributed by atoms with Gasteiger partial charge in [0.05, 0.1) is 25.0 Å². The lowest BCUT2D eigenvalue weighted by Gasteiger charge is -2.18. The van der Waals surface area contributed by atoms with Crippen molar-refractivity contribution >= 4 is 11.7 Å². The van der Waals surface area contributed by atoms with Gasteiger partial charge in [-0.3, -0.25) is 9.59 Å². The van der Waals surface area contributed by atoms with Crippen LogP contribution in [0.4, 0.5) is 0 Å². The molecule has 6 heteroatoms.